The largest absolute Gasteiger partial charge is 0.465 e. The first-order valence-electron chi connectivity index (χ1n) is 33.5. The van der Waals surface area contributed by atoms with Crippen LogP contribution in [0.1, 0.15) is 274 Å². The van der Waals surface area contributed by atoms with Crippen LogP contribution in [0.3, 0.4) is 0 Å². The molecule has 0 heterocycles. The van der Waals surface area contributed by atoms with Crippen molar-refractivity contribution in [2.24, 2.45) is 0 Å². The molecule has 6 atom stereocenters. The van der Waals surface area contributed by atoms with E-state index in [9.17, 15) is 72.9 Å². The highest BCUT2D eigenvalue weighted by molar-refractivity contribution is 5.92. The van der Waals surface area contributed by atoms with Crippen LogP contribution in [0.5, 0.6) is 0 Å². The summed E-state index contributed by atoms with van der Waals surface area (Å²) < 4.78 is 58.8. The van der Waals surface area contributed by atoms with Crippen molar-refractivity contribution >= 4 is 71.6 Å². The summed E-state index contributed by atoms with van der Waals surface area (Å²) in [6, 6.07) is 0. The fraction of sp³-hybridized carbons (Fsp3) is 0.818. The third kappa shape index (κ3) is 57.9. The van der Waals surface area contributed by atoms with Crippen molar-refractivity contribution in [3.8, 4) is 0 Å². The molecule has 0 aromatic heterocycles. The van der Waals surface area contributed by atoms with Crippen LogP contribution in [0, 0.1) is 0 Å². The molecule has 0 aliphatic heterocycles. The van der Waals surface area contributed by atoms with E-state index in [4.69, 9.17) is 42.6 Å². The molecule has 0 spiro atoms. The summed E-state index contributed by atoms with van der Waals surface area (Å²) in [7, 11) is 0. The third-order valence-electron chi connectivity index (χ3n) is 13.3. The monoisotopic (exact) mass is 1340 g/mol. The number of aliphatic hydroxyl groups excluding tert-OH is 3. The summed E-state index contributed by atoms with van der Waals surface area (Å²) in [4.78, 5) is 138. The fourth-order valence-corrected chi connectivity index (χ4v) is 7.97. The molecule has 0 radical (unpaired) electrons. The van der Waals surface area contributed by atoms with Gasteiger partial charge in [-0.05, 0) is 96.3 Å². The molecule has 540 valence electrons. The molecule has 0 aliphatic carbocycles. The Morgan fingerprint density at radius 1 is 0.247 bits per heavy atom. The van der Waals surface area contributed by atoms with Crippen LogP contribution in [-0.4, -0.2) is 164 Å². The highest BCUT2D eigenvalue weighted by Crippen LogP contribution is 2.20. The maximum atomic E-state index is 12.1. The van der Waals surface area contributed by atoms with Crippen LogP contribution in [0.2, 0.25) is 0 Å². The Morgan fingerprint density at radius 2 is 0.484 bits per heavy atom. The average Bonchev–Trinajstić information content (AvgIpc) is 2.48. The number of carbonyl (C=O) groups is 12. The van der Waals surface area contributed by atoms with Gasteiger partial charge in [0.2, 0.25) is 20.4 Å². The Balaban J connectivity index is -0.00000132. The summed E-state index contributed by atoms with van der Waals surface area (Å²) in [6.45, 7) is 15.9. The number of carbonyl (C=O) groups excluding carboxylic acids is 12. The molecule has 3 N–H and O–H groups in total. The summed E-state index contributed by atoms with van der Waals surface area (Å²) >= 11 is 0. The maximum Gasteiger partial charge on any atom is 0.320 e. The highest BCUT2D eigenvalue weighted by Gasteiger charge is 2.27. The van der Waals surface area contributed by atoms with Crippen molar-refractivity contribution in [2.45, 2.75) is 311 Å². The van der Waals surface area contributed by atoms with Crippen LogP contribution >= 0.6 is 0 Å². The lowest BCUT2D eigenvalue weighted by Crippen LogP contribution is -2.32. The van der Waals surface area contributed by atoms with E-state index in [0.29, 0.717) is 89.9 Å². The second-order valence-electron chi connectivity index (χ2n) is 21.7. The summed E-state index contributed by atoms with van der Waals surface area (Å²) in [5.74, 6) is -7.13. The van der Waals surface area contributed by atoms with Crippen LogP contribution in [0.4, 0.5) is 0 Å². The van der Waals surface area contributed by atoms with Gasteiger partial charge in [-0.1, -0.05) is 120 Å². The van der Waals surface area contributed by atoms with Gasteiger partial charge in [-0.15, -0.1) is 0 Å². The number of rotatable bonds is 54. The number of unbranched alkanes of at least 4 members (excludes halogenated alkanes) is 9. The summed E-state index contributed by atoms with van der Waals surface area (Å²) in [5.41, 5.74) is 0. The average molecular weight is 1340 g/mol. The number of esters is 12. The Hall–Kier alpha value is -6.48. The molecule has 0 saturated carbocycles. The Bertz CT molecular complexity index is 2050. The number of hydrogen-bond acceptors (Lipinski definition) is 27. The predicted octanol–water partition coefficient (Wildman–Crippen LogP) is 9.59. The summed E-state index contributed by atoms with van der Waals surface area (Å²) in [6.07, 6.45) is 11.6. The van der Waals surface area contributed by atoms with Gasteiger partial charge in [-0.3, -0.25) is 57.5 Å². The smallest absolute Gasteiger partial charge is 0.320 e. The Kier molecular flexibility index (Phi) is 61.4. The van der Waals surface area contributed by atoms with E-state index in [-0.39, 0.29) is 83.5 Å². The quantitative estimate of drug-likeness (QED) is 0.0168. The third-order valence-corrected chi connectivity index (χ3v) is 13.3. The van der Waals surface area contributed by atoms with Crippen molar-refractivity contribution in [1.82, 2.24) is 0 Å². The van der Waals surface area contributed by atoms with Crippen molar-refractivity contribution < 1.29 is 130 Å². The zero-order valence-corrected chi connectivity index (χ0v) is 57.2. The topological polar surface area (TPSA) is 376 Å². The Morgan fingerprint density at radius 3 is 0.753 bits per heavy atom. The number of ether oxygens (including phenoxy) is 12. The van der Waals surface area contributed by atoms with Gasteiger partial charge in [0.25, 0.3) is 0 Å². The molecule has 27 heteroatoms. The first-order chi connectivity index (χ1) is 44.5. The Labute approximate surface area is 550 Å². The van der Waals surface area contributed by atoms with Gasteiger partial charge in [0.1, 0.15) is 37.6 Å². The molecule has 0 aliphatic rings. The number of aliphatic hydroxyl groups is 3. The van der Waals surface area contributed by atoms with Gasteiger partial charge in [0.15, 0.2) is 0 Å². The van der Waals surface area contributed by atoms with E-state index in [0.717, 1.165) is 57.8 Å². The second kappa shape index (κ2) is 62.9. The molecule has 0 fully saturated rings. The molecule has 0 rings (SSSR count). The van der Waals surface area contributed by atoms with Gasteiger partial charge < -0.3 is 72.2 Å². The van der Waals surface area contributed by atoms with Crippen LogP contribution in [-0.2, 0) is 114 Å². The number of hydrogen-bond donors (Lipinski definition) is 3. The predicted molar refractivity (Wildman–Crippen MR) is 335 cm³/mol. The second-order valence-corrected chi connectivity index (χ2v) is 21.7. The first kappa shape index (κ1) is 90.7. The van der Waals surface area contributed by atoms with Gasteiger partial charge in [0.05, 0.1) is 38.1 Å². The van der Waals surface area contributed by atoms with Gasteiger partial charge in [0, 0.05) is 38.5 Å². The fourth-order valence-electron chi connectivity index (χ4n) is 7.97. The first-order valence-corrected chi connectivity index (χ1v) is 33.5. The standard InChI is InChI=1S/C25H42O11.C22H38O9.C19H34O7/c1-4-7-8-12-20(36-25(31)17-23(29)33-15-6-3)19(26)11-9-10-13-21(27)34-18-35-24(30)16-22(28)32-14-5-2;1-4-7-8-12-18(31-19(24)6-3)17(23)11-9-10-13-20(25)29-16-30-22(27)15-21(26)28-14-5-2;1-4-7-8-12-16(26-18(22)6-3)15(20)11-9-10-13-19(23)25-14-24-17(21)5-2/h19-20,26H,4-18H2,1-3H3;17-18,23H,4-16H2,1-3H3;15-16,20H,4-14H2,1-3H3. The van der Waals surface area contributed by atoms with E-state index in [1.165, 1.54) is 0 Å². The SMILES string of the molecule is CCCCCC(OC(=O)CC(=O)OCCC)C(O)CCCCC(=O)OCOC(=O)CC(=O)OCCC.CCCCCC(OC(=O)CC)C(O)CCCCC(=O)OCOC(=O)CC.CCCCCC(OC(=O)CC)C(O)CCCCC(=O)OCOC(=O)CC(=O)OCCC. The van der Waals surface area contributed by atoms with Crippen LogP contribution < -0.4 is 0 Å². The molecule has 0 aromatic rings. The van der Waals surface area contributed by atoms with Crippen molar-refractivity contribution in [3.05, 3.63) is 0 Å². The molecule has 0 bridgehead atoms. The highest BCUT2D eigenvalue weighted by atomic mass is 16.7. The minimum absolute atomic E-state index is 0.0341. The minimum atomic E-state index is -0.943. The van der Waals surface area contributed by atoms with Crippen LogP contribution in [0.25, 0.3) is 0 Å². The van der Waals surface area contributed by atoms with E-state index in [1.54, 1.807) is 20.8 Å². The zero-order valence-electron chi connectivity index (χ0n) is 57.2. The van der Waals surface area contributed by atoms with Crippen molar-refractivity contribution in [3.63, 3.8) is 0 Å². The van der Waals surface area contributed by atoms with E-state index < -0.39 is 129 Å². The lowest BCUT2D eigenvalue weighted by atomic mass is 10.0. The molecule has 27 nitrogen and oxygen atoms in total. The molecular formula is C66H114O27. The maximum absolute atomic E-state index is 12.1. The van der Waals surface area contributed by atoms with E-state index >= 15 is 0 Å². The lowest BCUT2D eigenvalue weighted by molar-refractivity contribution is -0.172. The summed E-state index contributed by atoms with van der Waals surface area (Å²) in [5, 5.41) is 31.2. The minimum Gasteiger partial charge on any atom is -0.465 e. The molecule has 0 amide bonds. The van der Waals surface area contributed by atoms with Gasteiger partial charge >= 0.3 is 71.6 Å². The van der Waals surface area contributed by atoms with Gasteiger partial charge in [-0.2, -0.15) is 0 Å². The van der Waals surface area contributed by atoms with Crippen molar-refractivity contribution in [2.75, 3.05) is 40.2 Å². The van der Waals surface area contributed by atoms with E-state index in [1.807, 2.05) is 27.7 Å². The lowest BCUT2D eigenvalue weighted by Gasteiger charge is -2.23. The molecule has 6 unspecified atom stereocenters. The van der Waals surface area contributed by atoms with Gasteiger partial charge in [-0.25, -0.2) is 0 Å². The molecule has 93 heavy (non-hydrogen) atoms. The molecular weight excluding hydrogens is 1220 g/mol. The normalized spacial score (nSPS) is 12.5. The molecule has 0 saturated heterocycles. The zero-order chi connectivity index (χ0) is 70.5. The van der Waals surface area contributed by atoms with Crippen molar-refractivity contribution in [1.29, 1.82) is 0 Å². The van der Waals surface area contributed by atoms with E-state index in [2.05, 4.69) is 28.1 Å². The van der Waals surface area contributed by atoms with Crippen LogP contribution in [0.15, 0.2) is 0 Å². The molecule has 0 aromatic carbocycles.